The molecule has 0 spiro atoms. The molecule has 0 bridgehead atoms. The molecule has 0 saturated carbocycles. The van der Waals surface area contributed by atoms with Crippen molar-refractivity contribution in [2.75, 3.05) is 14.2 Å². The molecular formula is C22H16N2O2S. The molecule has 0 atom stereocenters. The first-order valence-electron chi connectivity index (χ1n) is 8.33. The lowest BCUT2D eigenvalue weighted by Crippen LogP contribution is -1.91. The molecule has 4 aromatic rings. The predicted molar refractivity (Wildman–Crippen MR) is 108 cm³/mol. The van der Waals surface area contributed by atoms with Crippen LogP contribution in [-0.4, -0.2) is 23.6 Å². The molecule has 0 fully saturated rings. The molecule has 4 rings (SSSR count). The molecule has 4 nitrogen and oxygen atoms in total. The Morgan fingerprint density at radius 2 is 1.67 bits per heavy atom. The van der Waals surface area contributed by atoms with Gasteiger partial charge in [-0.05, 0) is 53.3 Å². The van der Waals surface area contributed by atoms with Gasteiger partial charge in [-0.15, -0.1) is 0 Å². The van der Waals surface area contributed by atoms with Crippen LogP contribution in [0.4, 0.5) is 0 Å². The zero-order valence-electron chi connectivity index (χ0n) is 14.9. The topological polar surface area (TPSA) is 44.2 Å². The highest BCUT2D eigenvalue weighted by atomic mass is 32.1. The van der Waals surface area contributed by atoms with Crippen LogP contribution in [0.3, 0.4) is 0 Å². The fourth-order valence-electron chi connectivity index (χ4n) is 2.74. The molecule has 0 N–H and O–H groups in total. The Balaban J connectivity index is 1.70. The van der Waals surface area contributed by atoms with Crippen molar-refractivity contribution in [1.82, 2.24) is 9.36 Å². The minimum absolute atomic E-state index is 0.683. The Hall–Kier alpha value is -3.36. The van der Waals surface area contributed by atoms with Gasteiger partial charge in [0.25, 0.3) is 0 Å². The quantitative estimate of drug-likeness (QED) is 0.486. The largest absolute Gasteiger partial charge is 0.493 e. The third kappa shape index (κ3) is 3.48. The van der Waals surface area contributed by atoms with E-state index >= 15 is 0 Å². The lowest BCUT2D eigenvalue weighted by molar-refractivity contribution is 0.355. The molecule has 2 aromatic carbocycles. The molecule has 27 heavy (non-hydrogen) atoms. The van der Waals surface area contributed by atoms with Crippen molar-refractivity contribution < 1.29 is 9.47 Å². The summed E-state index contributed by atoms with van der Waals surface area (Å²) in [7, 11) is 3.25. The second-order valence-corrected chi connectivity index (χ2v) is 6.56. The predicted octanol–water partition coefficient (Wildman–Crippen LogP) is 4.78. The van der Waals surface area contributed by atoms with Gasteiger partial charge in [0.2, 0.25) is 0 Å². The number of rotatable bonds is 3. The number of hydrogen-bond acceptors (Lipinski definition) is 5. The monoisotopic (exact) mass is 372 g/mol. The van der Waals surface area contributed by atoms with Gasteiger partial charge in [0.05, 0.1) is 14.2 Å². The lowest BCUT2D eigenvalue weighted by Gasteiger charge is -2.09. The van der Waals surface area contributed by atoms with E-state index in [0.717, 1.165) is 32.6 Å². The van der Waals surface area contributed by atoms with Gasteiger partial charge in [-0.25, -0.2) is 0 Å². The van der Waals surface area contributed by atoms with Crippen molar-refractivity contribution in [3.05, 3.63) is 71.2 Å². The highest BCUT2D eigenvalue weighted by Gasteiger charge is 2.10. The lowest BCUT2D eigenvalue weighted by atomic mass is 10.1. The molecule has 2 aromatic heterocycles. The summed E-state index contributed by atoms with van der Waals surface area (Å²) in [5.41, 5.74) is 4.60. The van der Waals surface area contributed by atoms with Crippen molar-refractivity contribution in [3.8, 4) is 34.5 Å². The summed E-state index contributed by atoms with van der Waals surface area (Å²) in [6.45, 7) is 0. The van der Waals surface area contributed by atoms with E-state index in [1.807, 2.05) is 60.8 Å². The van der Waals surface area contributed by atoms with Crippen LogP contribution < -0.4 is 9.47 Å². The Bertz CT molecular complexity index is 1160. The summed E-state index contributed by atoms with van der Waals surface area (Å²) in [4.78, 5) is 5.47. The number of hydrogen-bond donors (Lipinski definition) is 0. The maximum atomic E-state index is 5.39. The number of nitrogens with zero attached hydrogens (tertiary/aromatic N) is 2. The summed E-state index contributed by atoms with van der Waals surface area (Å²) in [5.74, 6) is 7.73. The first kappa shape index (κ1) is 17.1. The molecule has 0 amide bonds. The molecule has 0 aliphatic heterocycles. The molecule has 0 unspecified atom stereocenters. The number of ether oxygens (including phenoxy) is 2. The number of aromatic nitrogens is 2. The van der Waals surface area contributed by atoms with E-state index in [1.54, 1.807) is 14.2 Å². The van der Waals surface area contributed by atoms with Crippen molar-refractivity contribution in [3.63, 3.8) is 0 Å². The maximum absolute atomic E-state index is 5.39. The first-order valence-corrected chi connectivity index (χ1v) is 9.10. The molecule has 0 aliphatic carbocycles. The number of pyridine rings is 1. The van der Waals surface area contributed by atoms with Crippen molar-refractivity contribution >= 4 is 22.6 Å². The standard InChI is InChI=1S/C22H16N2O2S/c1-25-19-10-9-16(13-20(19)26-2)17-12-18-22(23-14-17)21(27-24-18)11-8-15-6-4-3-5-7-15/h3-7,9-10,12-14H,1-2H3. The summed E-state index contributed by atoms with van der Waals surface area (Å²) in [6, 6.07) is 17.7. The molecule has 5 heteroatoms. The van der Waals surface area contributed by atoms with Crippen molar-refractivity contribution in [1.29, 1.82) is 0 Å². The highest BCUT2D eigenvalue weighted by molar-refractivity contribution is 7.07. The molecular weight excluding hydrogens is 356 g/mol. The summed E-state index contributed by atoms with van der Waals surface area (Å²) in [6.07, 6.45) is 1.84. The number of fused-ring (bicyclic) bond motifs is 1. The van der Waals surface area contributed by atoms with Gasteiger partial charge in [0.1, 0.15) is 15.9 Å². The zero-order chi connectivity index (χ0) is 18.6. The molecule has 2 heterocycles. The van der Waals surface area contributed by atoms with Crippen LogP contribution in [0, 0.1) is 11.8 Å². The molecule has 132 valence electrons. The minimum atomic E-state index is 0.683. The third-order valence-corrected chi connectivity index (χ3v) is 4.89. The van der Waals surface area contributed by atoms with E-state index in [0.29, 0.717) is 11.5 Å². The first-order chi connectivity index (χ1) is 13.3. The number of benzene rings is 2. The average molecular weight is 372 g/mol. The zero-order valence-corrected chi connectivity index (χ0v) is 15.7. The fourth-order valence-corrected chi connectivity index (χ4v) is 3.41. The van der Waals surface area contributed by atoms with E-state index in [2.05, 4.69) is 21.2 Å². The second-order valence-electron chi connectivity index (χ2n) is 5.79. The number of methoxy groups -OCH3 is 2. The fraction of sp³-hybridized carbons (Fsp3) is 0.0909. The third-order valence-electron chi connectivity index (χ3n) is 4.13. The van der Waals surface area contributed by atoms with Gasteiger partial charge in [-0.3, -0.25) is 4.98 Å². The van der Waals surface area contributed by atoms with Gasteiger partial charge in [0.15, 0.2) is 11.5 Å². The minimum Gasteiger partial charge on any atom is -0.493 e. The molecule has 0 radical (unpaired) electrons. The van der Waals surface area contributed by atoms with Gasteiger partial charge in [-0.2, -0.15) is 4.37 Å². The van der Waals surface area contributed by atoms with Crippen LogP contribution in [0.1, 0.15) is 10.4 Å². The van der Waals surface area contributed by atoms with E-state index in [1.165, 1.54) is 11.5 Å². The SMILES string of the molecule is COc1ccc(-c2cnc3c(C#Cc4ccccc4)snc3c2)cc1OC. The highest BCUT2D eigenvalue weighted by Crippen LogP contribution is 2.33. The van der Waals surface area contributed by atoms with E-state index in [9.17, 15) is 0 Å². The average Bonchev–Trinajstić information content (AvgIpc) is 3.14. The Labute approximate surface area is 161 Å². The summed E-state index contributed by atoms with van der Waals surface area (Å²) in [5, 5.41) is 0. The Morgan fingerprint density at radius 3 is 2.44 bits per heavy atom. The van der Waals surface area contributed by atoms with Crippen molar-refractivity contribution in [2.24, 2.45) is 0 Å². The molecule has 0 saturated heterocycles. The normalized spacial score (nSPS) is 10.3. The van der Waals surface area contributed by atoms with Gasteiger partial charge in [-0.1, -0.05) is 30.2 Å². The summed E-state index contributed by atoms with van der Waals surface area (Å²) >= 11 is 1.37. The van der Waals surface area contributed by atoms with Gasteiger partial charge in [0, 0.05) is 17.3 Å². The Morgan fingerprint density at radius 1 is 0.852 bits per heavy atom. The molecule has 0 aliphatic rings. The van der Waals surface area contributed by atoms with Gasteiger partial charge >= 0.3 is 0 Å². The Kier molecular flexibility index (Phi) is 4.73. The van der Waals surface area contributed by atoms with Crippen LogP contribution in [0.5, 0.6) is 11.5 Å². The van der Waals surface area contributed by atoms with Crippen LogP contribution in [0.15, 0.2) is 60.8 Å². The van der Waals surface area contributed by atoms with Gasteiger partial charge < -0.3 is 9.47 Å². The van der Waals surface area contributed by atoms with E-state index < -0.39 is 0 Å². The van der Waals surface area contributed by atoms with Crippen LogP contribution in [0.25, 0.3) is 22.2 Å². The smallest absolute Gasteiger partial charge is 0.161 e. The van der Waals surface area contributed by atoms with E-state index in [-0.39, 0.29) is 0 Å². The van der Waals surface area contributed by atoms with Crippen molar-refractivity contribution in [2.45, 2.75) is 0 Å². The van der Waals surface area contributed by atoms with Crippen LogP contribution in [0.2, 0.25) is 0 Å². The van der Waals surface area contributed by atoms with Crippen LogP contribution in [-0.2, 0) is 0 Å². The maximum Gasteiger partial charge on any atom is 0.161 e. The van der Waals surface area contributed by atoms with Crippen LogP contribution >= 0.6 is 11.5 Å². The second kappa shape index (κ2) is 7.48. The summed E-state index contributed by atoms with van der Waals surface area (Å²) < 4.78 is 15.2. The van der Waals surface area contributed by atoms with E-state index in [4.69, 9.17) is 9.47 Å².